The van der Waals surface area contributed by atoms with Crippen LogP contribution in [0, 0.1) is 0 Å². The number of morpholine rings is 1. The van der Waals surface area contributed by atoms with Gasteiger partial charge in [-0.25, -0.2) is 0 Å². The minimum absolute atomic E-state index is 0.0224. The quantitative estimate of drug-likeness (QED) is 0.650. The van der Waals surface area contributed by atoms with Gasteiger partial charge >= 0.3 is 0 Å². The molecule has 2 fully saturated rings. The van der Waals surface area contributed by atoms with E-state index in [1.165, 1.54) is 0 Å². The van der Waals surface area contributed by atoms with Gasteiger partial charge in [-0.2, -0.15) is 0 Å². The second-order valence-electron chi connectivity index (χ2n) is 7.70. The first-order chi connectivity index (χ1) is 14.0. The summed E-state index contributed by atoms with van der Waals surface area (Å²) in [7, 11) is 0. The van der Waals surface area contributed by atoms with Crippen LogP contribution in [0.4, 0.5) is 0 Å². The van der Waals surface area contributed by atoms with Gasteiger partial charge in [-0.05, 0) is 44.0 Å². The molecule has 29 heavy (non-hydrogen) atoms. The number of nitrogens with zero attached hydrogens (tertiary/aromatic N) is 2. The Hall–Kier alpha value is -2.16. The molecule has 0 bridgehead atoms. The van der Waals surface area contributed by atoms with E-state index < -0.39 is 5.54 Å². The molecule has 0 spiro atoms. The van der Waals surface area contributed by atoms with E-state index in [1.807, 2.05) is 31.2 Å². The second-order valence-corrected chi connectivity index (χ2v) is 7.70. The van der Waals surface area contributed by atoms with E-state index in [0.717, 1.165) is 24.9 Å². The molecule has 1 unspecified atom stereocenters. The van der Waals surface area contributed by atoms with Crippen LogP contribution < -0.4 is 10.1 Å². The minimum atomic E-state index is -0.561. The zero-order valence-corrected chi connectivity index (χ0v) is 17.1. The zero-order valence-electron chi connectivity index (χ0n) is 17.1. The minimum Gasteiger partial charge on any atom is -0.484 e. The predicted molar refractivity (Wildman–Crippen MR) is 107 cm³/mol. The predicted octanol–water partition coefficient (Wildman–Crippen LogP) is 0.387. The highest BCUT2D eigenvalue weighted by atomic mass is 16.5. The number of amides is 2. The van der Waals surface area contributed by atoms with E-state index in [1.54, 1.807) is 4.90 Å². The van der Waals surface area contributed by atoms with Crippen molar-refractivity contribution < 1.29 is 24.2 Å². The molecule has 8 heteroatoms. The number of carbonyl (C=O) groups excluding carboxylic acids is 2. The summed E-state index contributed by atoms with van der Waals surface area (Å²) in [4.78, 5) is 28.6. The fourth-order valence-corrected chi connectivity index (χ4v) is 3.85. The molecule has 0 aliphatic carbocycles. The van der Waals surface area contributed by atoms with E-state index in [9.17, 15) is 9.59 Å². The maximum Gasteiger partial charge on any atom is 0.260 e. The lowest BCUT2D eigenvalue weighted by molar-refractivity contribution is -0.137. The fraction of sp³-hybridized carbons (Fsp3) is 0.619. The standard InChI is InChI=1S/C21H31N3O5/c1-21(20(27)22-8-12-25)7-2-9-24(21)15-17-3-5-18(6-4-17)29-16-19(26)23-10-13-28-14-11-23/h3-6,25H,2,7-16H2,1H3,(H,22,27). The van der Waals surface area contributed by atoms with Gasteiger partial charge in [0.2, 0.25) is 5.91 Å². The van der Waals surface area contributed by atoms with Crippen molar-refractivity contribution in [3.63, 3.8) is 0 Å². The van der Waals surface area contributed by atoms with E-state index >= 15 is 0 Å². The van der Waals surface area contributed by atoms with Crippen LogP contribution in [0.25, 0.3) is 0 Å². The third-order valence-electron chi connectivity index (χ3n) is 5.70. The number of benzene rings is 1. The topological polar surface area (TPSA) is 91.3 Å². The summed E-state index contributed by atoms with van der Waals surface area (Å²) in [6.45, 7) is 6.10. The normalized spacial score (nSPS) is 22.5. The first-order valence-electron chi connectivity index (χ1n) is 10.2. The van der Waals surface area contributed by atoms with Crippen molar-refractivity contribution in [3.8, 4) is 5.75 Å². The summed E-state index contributed by atoms with van der Waals surface area (Å²) in [6.07, 6.45) is 1.77. The van der Waals surface area contributed by atoms with Crippen LogP contribution in [-0.2, 0) is 20.9 Å². The molecule has 3 rings (SSSR count). The Bertz CT molecular complexity index is 690. The Kier molecular flexibility index (Phi) is 7.46. The van der Waals surface area contributed by atoms with Crippen LogP contribution in [0.3, 0.4) is 0 Å². The highest BCUT2D eigenvalue weighted by molar-refractivity contribution is 5.86. The van der Waals surface area contributed by atoms with E-state index in [2.05, 4.69) is 10.2 Å². The molecule has 1 atom stereocenters. The average Bonchev–Trinajstić information content (AvgIpc) is 3.13. The molecule has 0 saturated carbocycles. The molecule has 160 valence electrons. The molecule has 8 nitrogen and oxygen atoms in total. The Labute approximate surface area is 171 Å². The molecule has 2 saturated heterocycles. The third-order valence-corrected chi connectivity index (χ3v) is 5.70. The molecule has 0 radical (unpaired) electrons. The van der Waals surface area contributed by atoms with Crippen molar-refractivity contribution in [3.05, 3.63) is 29.8 Å². The first kappa shape index (κ1) is 21.5. The van der Waals surface area contributed by atoms with Gasteiger partial charge in [0.25, 0.3) is 5.91 Å². The summed E-state index contributed by atoms with van der Waals surface area (Å²) in [5.74, 6) is 0.588. The number of nitrogens with one attached hydrogen (secondary N) is 1. The van der Waals surface area contributed by atoms with Crippen molar-refractivity contribution >= 4 is 11.8 Å². The van der Waals surface area contributed by atoms with Crippen molar-refractivity contribution in [1.29, 1.82) is 0 Å². The van der Waals surface area contributed by atoms with Gasteiger partial charge < -0.3 is 24.8 Å². The average molecular weight is 405 g/mol. The number of ether oxygens (including phenoxy) is 2. The zero-order chi connectivity index (χ0) is 20.7. The van der Waals surface area contributed by atoms with Crippen LogP contribution in [0.1, 0.15) is 25.3 Å². The van der Waals surface area contributed by atoms with Gasteiger partial charge in [0.1, 0.15) is 5.75 Å². The van der Waals surface area contributed by atoms with Crippen LogP contribution in [0.15, 0.2) is 24.3 Å². The van der Waals surface area contributed by atoms with Crippen LogP contribution in [0.2, 0.25) is 0 Å². The monoisotopic (exact) mass is 405 g/mol. The van der Waals surface area contributed by atoms with Crippen LogP contribution >= 0.6 is 0 Å². The number of aliphatic hydroxyl groups excluding tert-OH is 1. The summed E-state index contributed by atoms with van der Waals surface area (Å²) in [6, 6.07) is 7.67. The van der Waals surface area contributed by atoms with E-state index in [4.69, 9.17) is 14.6 Å². The van der Waals surface area contributed by atoms with Crippen molar-refractivity contribution in [1.82, 2.24) is 15.1 Å². The second kappa shape index (κ2) is 10.0. The summed E-state index contributed by atoms with van der Waals surface area (Å²) >= 11 is 0. The maximum absolute atomic E-state index is 12.5. The molecule has 2 N–H and O–H groups in total. The molecule has 1 aromatic carbocycles. The van der Waals surface area contributed by atoms with Crippen LogP contribution in [-0.4, -0.2) is 84.9 Å². The summed E-state index contributed by atoms with van der Waals surface area (Å²) < 4.78 is 10.9. The smallest absolute Gasteiger partial charge is 0.260 e. The van der Waals surface area contributed by atoms with Crippen molar-refractivity contribution in [2.75, 3.05) is 52.6 Å². The van der Waals surface area contributed by atoms with E-state index in [0.29, 0.717) is 38.6 Å². The number of likely N-dealkylation sites (tertiary alicyclic amines) is 1. The largest absolute Gasteiger partial charge is 0.484 e. The molecule has 1 aromatic rings. The first-order valence-corrected chi connectivity index (χ1v) is 10.2. The molecule has 2 aliphatic rings. The number of hydrogen-bond donors (Lipinski definition) is 2. The molecule has 0 aromatic heterocycles. The molecule has 2 aliphatic heterocycles. The molecular formula is C21H31N3O5. The van der Waals surface area contributed by atoms with Gasteiger partial charge in [0, 0.05) is 26.2 Å². The lowest BCUT2D eigenvalue weighted by Crippen LogP contribution is -2.53. The van der Waals surface area contributed by atoms with E-state index in [-0.39, 0.29) is 31.6 Å². The maximum atomic E-state index is 12.5. The van der Waals surface area contributed by atoms with Gasteiger partial charge in [-0.15, -0.1) is 0 Å². The Morgan fingerprint density at radius 1 is 1.21 bits per heavy atom. The van der Waals surface area contributed by atoms with Gasteiger partial charge in [0.15, 0.2) is 6.61 Å². The van der Waals surface area contributed by atoms with Gasteiger partial charge in [0.05, 0.1) is 25.4 Å². The molecule has 2 heterocycles. The Balaban J connectivity index is 1.52. The van der Waals surface area contributed by atoms with Crippen molar-refractivity contribution in [2.24, 2.45) is 0 Å². The number of carbonyl (C=O) groups is 2. The van der Waals surface area contributed by atoms with Crippen LogP contribution in [0.5, 0.6) is 5.75 Å². The van der Waals surface area contributed by atoms with Crippen molar-refractivity contribution in [2.45, 2.75) is 31.8 Å². The molecular weight excluding hydrogens is 374 g/mol. The van der Waals surface area contributed by atoms with Gasteiger partial charge in [-0.1, -0.05) is 12.1 Å². The number of rotatable bonds is 8. The molecule has 2 amide bonds. The third kappa shape index (κ3) is 5.46. The highest BCUT2D eigenvalue weighted by Crippen LogP contribution is 2.31. The number of aliphatic hydroxyl groups is 1. The van der Waals surface area contributed by atoms with Gasteiger partial charge in [-0.3, -0.25) is 14.5 Å². The Morgan fingerprint density at radius 2 is 1.93 bits per heavy atom. The lowest BCUT2D eigenvalue weighted by atomic mass is 9.97. The fourth-order valence-electron chi connectivity index (χ4n) is 3.85. The SMILES string of the molecule is CC1(C(=O)NCCO)CCCN1Cc1ccc(OCC(=O)N2CCOCC2)cc1. The summed E-state index contributed by atoms with van der Waals surface area (Å²) in [5, 5.41) is 11.8. The Morgan fingerprint density at radius 3 is 2.62 bits per heavy atom. The highest BCUT2D eigenvalue weighted by Gasteiger charge is 2.42. The number of hydrogen-bond acceptors (Lipinski definition) is 6. The summed E-state index contributed by atoms with van der Waals surface area (Å²) in [5.41, 5.74) is 0.523. The lowest BCUT2D eigenvalue weighted by Gasteiger charge is -2.34.